The maximum absolute atomic E-state index is 11.3. The summed E-state index contributed by atoms with van der Waals surface area (Å²) in [4.78, 5) is 18.3. The molecule has 0 saturated heterocycles. The predicted molar refractivity (Wildman–Crippen MR) is 62.5 cm³/mol. The van der Waals surface area contributed by atoms with E-state index < -0.39 is 11.6 Å². The largest absolute Gasteiger partial charge is 0.478 e. The van der Waals surface area contributed by atoms with Crippen molar-refractivity contribution in [3.8, 4) is 0 Å². The molecule has 0 amide bonds. The van der Waals surface area contributed by atoms with Crippen LogP contribution >= 0.6 is 0 Å². The van der Waals surface area contributed by atoms with Crippen LogP contribution in [0, 0.1) is 0 Å². The average molecular weight is 269 g/mol. The van der Waals surface area contributed by atoms with Gasteiger partial charge in [-0.1, -0.05) is 0 Å². The first-order valence-electron chi connectivity index (χ1n) is 4.99. The Bertz CT molecular complexity index is 436. The first-order valence-corrected chi connectivity index (χ1v) is 4.99. The molecular weight excluding hydrogens is 258 g/mol. The first-order chi connectivity index (χ1) is 9.08. The van der Waals surface area contributed by atoms with Crippen molar-refractivity contribution >= 4 is 5.97 Å². The van der Waals surface area contributed by atoms with Gasteiger partial charge in [-0.15, -0.1) is 16.2 Å². The highest BCUT2D eigenvalue weighted by molar-refractivity contribution is 5.78. The Hall–Kier alpha value is -2.84. The molecule has 0 aromatic heterocycles. The Morgan fingerprint density at radius 1 is 1.21 bits per heavy atom. The number of rotatable bonds is 9. The summed E-state index contributed by atoms with van der Waals surface area (Å²) < 4.78 is 0. The third-order valence-electron chi connectivity index (χ3n) is 2.11. The number of carboxylic acid groups (broad SMARTS) is 1. The molecule has 1 atom stereocenters. The lowest BCUT2D eigenvalue weighted by Crippen LogP contribution is -2.47. The molecule has 0 rings (SSSR count). The van der Waals surface area contributed by atoms with E-state index in [4.69, 9.17) is 22.3 Å². The van der Waals surface area contributed by atoms with E-state index in [1.807, 2.05) is 0 Å². The molecule has 19 heavy (non-hydrogen) atoms. The SMILES string of the molecule is [N-]=[N+]=NN(N=[N+]=[N-])[C@](CCCCN)(N=[N+]=[N-])C(=O)O. The van der Waals surface area contributed by atoms with Crippen LogP contribution < -0.4 is 5.73 Å². The molecule has 0 fully saturated rings. The van der Waals surface area contributed by atoms with E-state index in [1.165, 1.54) is 0 Å². The highest BCUT2D eigenvalue weighted by Gasteiger charge is 2.47. The van der Waals surface area contributed by atoms with E-state index in [0.29, 0.717) is 13.0 Å². The third kappa shape index (κ3) is 4.15. The number of carboxylic acids is 1. The molecule has 0 bridgehead atoms. The molecule has 0 radical (unpaired) electrons. The maximum atomic E-state index is 11.3. The number of nitrogens with two attached hydrogens (primary N) is 1. The van der Waals surface area contributed by atoms with Gasteiger partial charge in [-0.3, -0.25) is 0 Å². The molecule has 0 aliphatic heterocycles. The van der Waals surface area contributed by atoms with Crippen LogP contribution in [0.25, 0.3) is 31.3 Å². The number of unbranched alkanes of at least 4 members (excludes halogenated alkanes) is 1. The topological polar surface area (TPSA) is 213 Å². The summed E-state index contributed by atoms with van der Waals surface area (Å²) >= 11 is 0. The van der Waals surface area contributed by atoms with Gasteiger partial charge in [-0.25, -0.2) is 4.79 Å². The molecule has 0 aliphatic rings. The van der Waals surface area contributed by atoms with Crippen LogP contribution in [-0.4, -0.2) is 28.4 Å². The lowest BCUT2D eigenvalue weighted by Gasteiger charge is -2.26. The monoisotopic (exact) mass is 269 g/mol. The normalized spacial score (nSPS) is 12.1. The molecule has 0 spiro atoms. The zero-order chi connectivity index (χ0) is 14.7. The highest BCUT2D eigenvalue weighted by atomic mass is 16.4. The smallest absolute Gasteiger partial charge is 0.359 e. The van der Waals surface area contributed by atoms with Crippen molar-refractivity contribution in [2.75, 3.05) is 6.54 Å². The van der Waals surface area contributed by atoms with Gasteiger partial charge in [0.15, 0.2) is 0 Å². The molecule has 13 nitrogen and oxygen atoms in total. The average Bonchev–Trinajstić information content (AvgIpc) is 2.37. The highest BCUT2D eigenvalue weighted by Crippen LogP contribution is 2.26. The molecule has 0 unspecified atom stereocenters. The third-order valence-corrected chi connectivity index (χ3v) is 2.11. The molecule has 0 heterocycles. The molecule has 0 aromatic rings. The van der Waals surface area contributed by atoms with E-state index in [-0.39, 0.29) is 18.0 Å². The molecule has 102 valence electrons. The fourth-order valence-electron chi connectivity index (χ4n) is 1.26. The zero-order valence-electron chi connectivity index (χ0n) is 9.73. The van der Waals surface area contributed by atoms with Crippen molar-refractivity contribution in [3.63, 3.8) is 0 Å². The summed E-state index contributed by atoms with van der Waals surface area (Å²) in [5, 5.41) is 18.3. The van der Waals surface area contributed by atoms with Gasteiger partial charge in [0.1, 0.15) is 0 Å². The summed E-state index contributed by atoms with van der Waals surface area (Å²) in [6, 6.07) is 0. The van der Waals surface area contributed by atoms with Crippen LogP contribution in [-0.2, 0) is 4.79 Å². The fraction of sp³-hybridized carbons (Fsp3) is 0.833. The van der Waals surface area contributed by atoms with E-state index in [0.717, 1.165) is 0 Å². The van der Waals surface area contributed by atoms with Gasteiger partial charge in [0.2, 0.25) is 0 Å². The standard InChI is InChI=1S/C6H11N11O2/c7-4-2-1-3-6(5(18)19,11-12-8)17(15-13-9)16-14-10/h1-4,7H2,(H,18,19)/t6-/m0/s1. The van der Waals surface area contributed by atoms with Crippen LogP contribution in [0.1, 0.15) is 19.3 Å². The number of nitrogens with zero attached hydrogens (tertiary/aromatic N) is 10. The molecule has 0 aromatic carbocycles. The van der Waals surface area contributed by atoms with Crippen molar-refractivity contribution in [3.05, 3.63) is 31.3 Å². The second kappa shape index (κ2) is 8.28. The van der Waals surface area contributed by atoms with E-state index >= 15 is 0 Å². The van der Waals surface area contributed by atoms with Gasteiger partial charge in [0.25, 0.3) is 5.66 Å². The molecule has 13 heteroatoms. The minimum absolute atomic E-state index is 0.186. The minimum Gasteiger partial charge on any atom is -0.478 e. The predicted octanol–water partition coefficient (Wildman–Crippen LogP) is 1.96. The zero-order valence-corrected chi connectivity index (χ0v) is 9.73. The lowest BCUT2D eigenvalue weighted by atomic mass is 10.0. The van der Waals surface area contributed by atoms with Gasteiger partial charge < -0.3 is 10.8 Å². The summed E-state index contributed by atoms with van der Waals surface area (Å²) in [5.41, 5.74) is 28.1. The second-order valence-corrected chi connectivity index (χ2v) is 3.20. The number of hydrogen-bond acceptors (Lipinski definition) is 5. The van der Waals surface area contributed by atoms with E-state index in [2.05, 4.69) is 30.3 Å². The van der Waals surface area contributed by atoms with Crippen LogP contribution in [0.3, 0.4) is 0 Å². The van der Waals surface area contributed by atoms with E-state index in [1.54, 1.807) is 0 Å². The Morgan fingerprint density at radius 2 is 1.79 bits per heavy atom. The van der Waals surface area contributed by atoms with Gasteiger partial charge in [-0.2, -0.15) is 9.82 Å². The number of carbonyl (C=O) groups is 1. The van der Waals surface area contributed by atoms with Gasteiger partial charge >= 0.3 is 5.97 Å². The summed E-state index contributed by atoms with van der Waals surface area (Å²) in [5.74, 6) is -1.61. The summed E-state index contributed by atoms with van der Waals surface area (Å²) in [7, 11) is 0. The molecular formula is C6H11N11O2. The van der Waals surface area contributed by atoms with Crippen LogP contribution in [0.2, 0.25) is 0 Å². The molecule has 0 aliphatic carbocycles. The van der Waals surface area contributed by atoms with Crippen LogP contribution in [0.4, 0.5) is 0 Å². The molecule has 0 saturated carbocycles. The Balaban J connectivity index is 5.64. The first kappa shape index (κ1) is 16.2. The van der Waals surface area contributed by atoms with Gasteiger partial charge in [0, 0.05) is 11.3 Å². The second-order valence-electron chi connectivity index (χ2n) is 3.20. The Labute approximate surface area is 106 Å². The lowest BCUT2D eigenvalue weighted by molar-refractivity contribution is -0.152. The quantitative estimate of drug-likeness (QED) is 0.211. The van der Waals surface area contributed by atoms with Gasteiger partial charge in [-0.05, 0) is 40.5 Å². The van der Waals surface area contributed by atoms with Crippen molar-refractivity contribution < 1.29 is 9.90 Å². The maximum Gasteiger partial charge on any atom is 0.359 e. The van der Waals surface area contributed by atoms with Crippen molar-refractivity contribution in [2.24, 2.45) is 21.3 Å². The van der Waals surface area contributed by atoms with Crippen molar-refractivity contribution in [2.45, 2.75) is 24.9 Å². The number of hydrogen-bond donors (Lipinski definition) is 2. The van der Waals surface area contributed by atoms with Crippen LogP contribution in [0.15, 0.2) is 15.6 Å². The number of aliphatic carboxylic acids is 1. The minimum atomic E-state index is -2.32. The van der Waals surface area contributed by atoms with Gasteiger partial charge in [0.05, 0.1) is 0 Å². The van der Waals surface area contributed by atoms with Crippen LogP contribution in [0.5, 0.6) is 0 Å². The Morgan fingerprint density at radius 3 is 2.16 bits per heavy atom. The van der Waals surface area contributed by atoms with Crippen molar-refractivity contribution in [1.82, 2.24) is 5.12 Å². The summed E-state index contributed by atoms with van der Waals surface area (Å²) in [6.07, 6.45) is 0.484. The Kier molecular flexibility index (Phi) is 7.04. The fourth-order valence-corrected chi connectivity index (χ4v) is 1.26. The summed E-state index contributed by atoms with van der Waals surface area (Å²) in [6.45, 7) is 0.301. The van der Waals surface area contributed by atoms with E-state index in [9.17, 15) is 9.90 Å². The van der Waals surface area contributed by atoms with Crippen molar-refractivity contribution in [1.29, 1.82) is 0 Å². The molecule has 3 N–H and O–H groups in total. The number of azide groups is 2.